The molecule has 130 valence electrons. The van der Waals surface area contributed by atoms with E-state index in [1.165, 1.54) is 17.6 Å². The topological polar surface area (TPSA) is 77.4 Å². The summed E-state index contributed by atoms with van der Waals surface area (Å²) in [5, 5.41) is 2.87. The quantitative estimate of drug-likeness (QED) is 0.647. The van der Waals surface area contributed by atoms with E-state index in [0.717, 1.165) is 12.8 Å². The van der Waals surface area contributed by atoms with Gasteiger partial charge in [0.25, 0.3) is 5.91 Å². The predicted octanol–water partition coefficient (Wildman–Crippen LogP) is 2.40. The van der Waals surface area contributed by atoms with Gasteiger partial charge in [0.1, 0.15) is 5.69 Å². The standard InChI is InChI=1S/C19H20N2O4/c1-12(22)14-10-16(21(2)11-14)19(24)25-17(13-6-4-3-5-7-13)18(23)20-15-8-9-15/h3-7,10-11,15,17H,8-9H2,1-2H3,(H,20,23)/t17-/m1/s1. The molecule has 0 unspecified atom stereocenters. The lowest BCUT2D eigenvalue weighted by molar-refractivity contribution is -0.130. The molecule has 1 aliphatic carbocycles. The summed E-state index contributed by atoms with van der Waals surface area (Å²) in [5.74, 6) is -1.11. The summed E-state index contributed by atoms with van der Waals surface area (Å²) in [6.45, 7) is 1.43. The van der Waals surface area contributed by atoms with Crippen LogP contribution in [-0.4, -0.2) is 28.3 Å². The molecule has 0 bridgehead atoms. The van der Waals surface area contributed by atoms with Crippen LogP contribution in [0.25, 0.3) is 0 Å². The number of Topliss-reactive ketones (excluding diaryl/α,β-unsaturated/α-hetero) is 1. The van der Waals surface area contributed by atoms with Crippen LogP contribution in [0, 0.1) is 0 Å². The average Bonchev–Trinajstić information content (AvgIpc) is 3.31. The van der Waals surface area contributed by atoms with Crippen molar-refractivity contribution in [1.82, 2.24) is 9.88 Å². The van der Waals surface area contributed by atoms with Gasteiger partial charge in [-0.2, -0.15) is 0 Å². The van der Waals surface area contributed by atoms with E-state index < -0.39 is 12.1 Å². The van der Waals surface area contributed by atoms with E-state index in [-0.39, 0.29) is 23.4 Å². The molecule has 1 aliphatic rings. The first kappa shape index (κ1) is 17.0. The molecule has 1 fully saturated rings. The lowest BCUT2D eigenvalue weighted by atomic mass is 10.1. The zero-order valence-corrected chi connectivity index (χ0v) is 14.2. The van der Waals surface area contributed by atoms with E-state index in [2.05, 4.69) is 5.32 Å². The maximum atomic E-state index is 12.6. The predicted molar refractivity (Wildman–Crippen MR) is 91.2 cm³/mol. The molecule has 3 rings (SSSR count). The van der Waals surface area contributed by atoms with Crippen molar-refractivity contribution < 1.29 is 19.1 Å². The van der Waals surface area contributed by atoms with Gasteiger partial charge in [-0.3, -0.25) is 9.59 Å². The molecule has 0 radical (unpaired) electrons. The van der Waals surface area contributed by atoms with Gasteiger partial charge in [0.05, 0.1) is 0 Å². The zero-order chi connectivity index (χ0) is 18.0. The first-order valence-electron chi connectivity index (χ1n) is 8.19. The maximum Gasteiger partial charge on any atom is 0.356 e. The van der Waals surface area contributed by atoms with Crippen molar-refractivity contribution >= 4 is 17.7 Å². The Bertz CT molecular complexity index is 806. The Hall–Kier alpha value is -2.89. The second-order valence-electron chi connectivity index (χ2n) is 6.26. The average molecular weight is 340 g/mol. The number of aryl methyl sites for hydroxylation is 1. The number of aromatic nitrogens is 1. The third-order valence-corrected chi connectivity index (χ3v) is 4.11. The number of esters is 1. The third kappa shape index (κ3) is 3.96. The number of hydrogen-bond acceptors (Lipinski definition) is 4. The van der Waals surface area contributed by atoms with Crippen LogP contribution in [-0.2, 0) is 16.6 Å². The molecule has 2 aromatic rings. The molecule has 25 heavy (non-hydrogen) atoms. The summed E-state index contributed by atoms with van der Waals surface area (Å²) in [6.07, 6.45) is 2.44. The Morgan fingerprint density at radius 3 is 2.44 bits per heavy atom. The smallest absolute Gasteiger partial charge is 0.356 e. The molecular weight excluding hydrogens is 320 g/mol. The van der Waals surface area contributed by atoms with Gasteiger partial charge in [0, 0.05) is 30.4 Å². The van der Waals surface area contributed by atoms with Crippen LogP contribution >= 0.6 is 0 Å². The van der Waals surface area contributed by atoms with Crippen molar-refractivity contribution in [2.45, 2.75) is 31.9 Å². The minimum Gasteiger partial charge on any atom is -0.443 e. The Morgan fingerprint density at radius 1 is 1.20 bits per heavy atom. The van der Waals surface area contributed by atoms with Crippen molar-refractivity contribution in [2.24, 2.45) is 7.05 Å². The lowest BCUT2D eigenvalue weighted by Crippen LogP contribution is -2.33. The van der Waals surface area contributed by atoms with Gasteiger partial charge < -0.3 is 14.6 Å². The second-order valence-corrected chi connectivity index (χ2v) is 6.26. The third-order valence-electron chi connectivity index (χ3n) is 4.11. The fourth-order valence-corrected chi connectivity index (χ4v) is 2.53. The second kappa shape index (κ2) is 6.93. The van der Waals surface area contributed by atoms with E-state index in [1.807, 2.05) is 6.07 Å². The first-order chi connectivity index (χ1) is 12.0. The highest BCUT2D eigenvalue weighted by atomic mass is 16.5. The fourth-order valence-electron chi connectivity index (χ4n) is 2.53. The van der Waals surface area contributed by atoms with Gasteiger partial charge in [0.15, 0.2) is 5.78 Å². The Labute approximate surface area is 145 Å². The largest absolute Gasteiger partial charge is 0.443 e. The highest BCUT2D eigenvalue weighted by Gasteiger charge is 2.31. The molecule has 6 nitrogen and oxygen atoms in total. The van der Waals surface area contributed by atoms with Crippen molar-refractivity contribution in [3.05, 3.63) is 59.4 Å². The molecule has 1 aromatic carbocycles. The normalized spacial score (nSPS) is 14.6. The summed E-state index contributed by atoms with van der Waals surface area (Å²) in [7, 11) is 1.66. The number of nitrogens with one attached hydrogen (secondary N) is 1. The summed E-state index contributed by atoms with van der Waals surface area (Å²) >= 11 is 0. The molecular formula is C19H20N2O4. The number of carbonyl (C=O) groups excluding carboxylic acids is 3. The molecule has 1 atom stereocenters. The van der Waals surface area contributed by atoms with Crippen molar-refractivity contribution in [1.29, 1.82) is 0 Å². The number of ketones is 1. The lowest BCUT2D eigenvalue weighted by Gasteiger charge is -2.18. The van der Waals surface area contributed by atoms with Crippen molar-refractivity contribution in [2.75, 3.05) is 0 Å². The van der Waals surface area contributed by atoms with Crippen LogP contribution in [0.2, 0.25) is 0 Å². The fraction of sp³-hybridized carbons (Fsp3) is 0.316. The molecule has 0 spiro atoms. The molecule has 0 aliphatic heterocycles. The van der Waals surface area contributed by atoms with Gasteiger partial charge >= 0.3 is 5.97 Å². The zero-order valence-electron chi connectivity index (χ0n) is 14.2. The summed E-state index contributed by atoms with van der Waals surface area (Å²) in [5.41, 5.74) is 1.26. The summed E-state index contributed by atoms with van der Waals surface area (Å²) < 4.78 is 7.03. The Morgan fingerprint density at radius 2 is 1.88 bits per heavy atom. The Kier molecular flexibility index (Phi) is 4.70. The number of hydrogen-bond donors (Lipinski definition) is 1. The monoisotopic (exact) mass is 340 g/mol. The minimum absolute atomic E-state index is 0.138. The molecule has 1 saturated carbocycles. The highest BCUT2D eigenvalue weighted by Crippen LogP contribution is 2.24. The van der Waals surface area contributed by atoms with E-state index in [9.17, 15) is 14.4 Å². The number of nitrogens with zero attached hydrogens (tertiary/aromatic N) is 1. The van der Waals surface area contributed by atoms with Gasteiger partial charge in [-0.1, -0.05) is 30.3 Å². The van der Waals surface area contributed by atoms with Crippen LogP contribution in [0.3, 0.4) is 0 Å². The van der Waals surface area contributed by atoms with Crippen molar-refractivity contribution in [3.8, 4) is 0 Å². The molecule has 0 saturated heterocycles. The van der Waals surface area contributed by atoms with E-state index in [0.29, 0.717) is 11.1 Å². The number of ether oxygens (including phenoxy) is 1. The van der Waals surface area contributed by atoms with E-state index in [1.54, 1.807) is 37.5 Å². The molecule has 1 heterocycles. The Balaban J connectivity index is 1.82. The van der Waals surface area contributed by atoms with Crippen LogP contribution in [0.15, 0.2) is 42.6 Å². The summed E-state index contributed by atoms with van der Waals surface area (Å²) in [6, 6.07) is 10.5. The van der Waals surface area contributed by atoms with Gasteiger partial charge in [-0.15, -0.1) is 0 Å². The van der Waals surface area contributed by atoms with Gasteiger partial charge in [-0.05, 0) is 25.8 Å². The summed E-state index contributed by atoms with van der Waals surface area (Å²) in [4.78, 5) is 36.6. The maximum absolute atomic E-state index is 12.6. The number of benzene rings is 1. The van der Waals surface area contributed by atoms with E-state index in [4.69, 9.17) is 4.74 Å². The highest BCUT2D eigenvalue weighted by molar-refractivity contribution is 5.98. The van der Waals surface area contributed by atoms with Gasteiger partial charge in [0.2, 0.25) is 6.10 Å². The van der Waals surface area contributed by atoms with E-state index >= 15 is 0 Å². The minimum atomic E-state index is -1.02. The van der Waals surface area contributed by atoms with Crippen LogP contribution < -0.4 is 5.32 Å². The van der Waals surface area contributed by atoms with Crippen LogP contribution in [0.5, 0.6) is 0 Å². The van der Waals surface area contributed by atoms with Gasteiger partial charge in [-0.25, -0.2) is 4.79 Å². The number of rotatable bonds is 6. The molecule has 1 aromatic heterocycles. The van der Waals surface area contributed by atoms with Crippen LogP contribution in [0.4, 0.5) is 0 Å². The number of amides is 1. The van der Waals surface area contributed by atoms with Crippen molar-refractivity contribution in [3.63, 3.8) is 0 Å². The SMILES string of the molecule is CC(=O)c1cc(C(=O)O[C@@H](C(=O)NC2CC2)c2ccccc2)n(C)c1. The first-order valence-corrected chi connectivity index (χ1v) is 8.19. The molecule has 6 heteroatoms. The number of carbonyl (C=O) groups is 3. The molecule has 1 amide bonds. The molecule has 1 N–H and O–H groups in total. The van der Waals surface area contributed by atoms with Crippen LogP contribution in [0.1, 0.15) is 52.3 Å².